The fourth-order valence-electron chi connectivity index (χ4n) is 1.05. The van der Waals surface area contributed by atoms with Gasteiger partial charge in [0.2, 0.25) is 0 Å². The van der Waals surface area contributed by atoms with Crippen molar-refractivity contribution >= 4 is 0 Å². The van der Waals surface area contributed by atoms with Gasteiger partial charge in [0.1, 0.15) is 0 Å². The highest BCUT2D eigenvalue weighted by atomic mass is 16.5. The van der Waals surface area contributed by atoms with E-state index >= 15 is 0 Å². The Morgan fingerprint density at radius 1 is 1.10 bits per heavy atom. The van der Waals surface area contributed by atoms with E-state index in [9.17, 15) is 0 Å². The molecule has 0 bridgehead atoms. The highest BCUT2D eigenvalue weighted by Crippen LogP contribution is 2.16. The summed E-state index contributed by atoms with van der Waals surface area (Å²) in [5.41, 5.74) is 0.102. The lowest BCUT2D eigenvalue weighted by atomic mass is 10.0. The third kappa shape index (κ3) is 4.80. The van der Waals surface area contributed by atoms with Gasteiger partial charge in [0.05, 0.1) is 5.60 Å². The molecule has 0 fully saturated rings. The van der Waals surface area contributed by atoms with E-state index in [1.54, 1.807) is 0 Å². The summed E-state index contributed by atoms with van der Waals surface area (Å²) in [5, 5.41) is 0. The molecule has 0 heterocycles. The molecule has 1 nitrogen and oxygen atoms in total. The first-order valence-corrected chi connectivity index (χ1v) is 4.26. The standard InChI is InChI=1S/C9H20O/c1-5-7-9(3,4)10-8-6-2/h5-8H2,1-4H3. The van der Waals surface area contributed by atoms with Crippen molar-refractivity contribution in [3.05, 3.63) is 0 Å². The fraction of sp³-hybridized carbons (Fsp3) is 1.00. The van der Waals surface area contributed by atoms with Crippen LogP contribution in [-0.2, 0) is 4.74 Å². The van der Waals surface area contributed by atoms with E-state index in [-0.39, 0.29) is 5.60 Å². The summed E-state index contributed by atoms with van der Waals surface area (Å²) < 4.78 is 5.62. The molecule has 1 heteroatoms. The zero-order valence-electron chi connectivity index (χ0n) is 7.74. The van der Waals surface area contributed by atoms with Crippen LogP contribution in [0.15, 0.2) is 0 Å². The Hall–Kier alpha value is -0.0400. The Morgan fingerprint density at radius 3 is 2.10 bits per heavy atom. The van der Waals surface area contributed by atoms with E-state index in [4.69, 9.17) is 4.74 Å². The van der Waals surface area contributed by atoms with Gasteiger partial charge in [-0.2, -0.15) is 0 Å². The summed E-state index contributed by atoms with van der Waals surface area (Å²) in [5.74, 6) is 0. The summed E-state index contributed by atoms with van der Waals surface area (Å²) in [4.78, 5) is 0. The molecule has 0 aromatic heterocycles. The quantitative estimate of drug-likeness (QED) is 0.576. The minimum absolute atomic E-state index is 0.102. The largest absolute Gasteiger partial charge is 0.376 e. The van der Waals surface area contributed by atoms with Gasteiger partial charge in [-0.3, -0.25) is 0 Å². The van der Waals surface area contributed by atoms with E-state index in [0.29, 0.717) is 0 Å². The molecule has 0 rings (SSSR count). The highest BCUT2D eigenvalue weighted by molar-refractivity contribution is 4.66. The summed E-state index contributed by atoms with van der Waals surface area (Å²) in [6.45, 7) is 9.55. The van der Waals surface area contributed by atoms with E-state index < -0.39 is 0 Å². The predicted molar refractivity (Wildman–Crippen MR) is 45.2 cm³/mol. The van der Waals surface area contributed by atoms with Crippen LogP contribution in [0, 0.1) is 0 Å². The maximum Gasteiger partial charge on any atom is 0.0626 e. The summed E-state index contributed by atoms with van der Waals surface area (Å²) in [7, 11) is 0. The molecule has 0 unspecified atom stereocenters. The van der Waals surface area contributed by atoms with Crippen molar-refractivity contribution in [1.82, 2.24) is 0 Å². The van der Waals surface area contributed by atoms with E-state index in [1.807, 2.05) is 0 Å². The summed E-state index contributed by atoms with van der Waals surface area (Å²) >= 11 is 0. The van der Waals surface area contributed by atoms with Crippen molar-refractivity contribution in [2.24, 2.45) is 0 Å². The van der Waals surface area contributed by atoms with Crippen LogP contribution in [0.1, 0.15) is 47.0 Å². The topological polar surface area (TPSA) is 9.23 Å². The van der Waals surface area contributed by atoms with Gasteiger partial charge in [-0.05, 0) is 26.7 Å². The third-order valence-electron chi connectivity index (χ3n) is 1.55. The average Bonchev–Trinajstić information content (AvgIpc) is 1.84. The lowest BCUT2D eigenvalue weighted by Gasteiger charge is -2.24. The normalized spacial score (nSPS) is 12.0. The molecule has 0 N–H and O–H groups in total. The summed E-state index contributed by atoms with van der Waals surface area (Å²) in [6, 6.07) is 0. The van der Waals surface area contributed by atoms with E-state index in [0.717, 1.165) is 19.4 Å². The van der Waals surface area contributed by atoms with Gasteiger partial charge in [-0.1, -0.05) is 20.3 Å². The molecule has 10 heavy (non-hydrogen) atoms. The molecular weight excluding hydrogens is 124 g/mol. The van der Waals surface area contributed by atoms with E-state index in [1.165, 1.54) is 6.42 Å². The van der Waals surface area contributed by atoms with Crippen LogP contribution in [0.3, 0.4) is 0 Å². The molecular formula is C9H20O. The van der Waals surface area contributed by atoms with Gasteiger partial charge in [-0.25, -0.2) is 0 Å². The lowest BCUT2D eigenvalue weighted by Crippen LogP contribution is -2.24. The second-order valence-corrected chi connectivity index (χ2v) is 3.36. The molecule has 0 aromatic rings. The highest BCUT2D eigenvalue weighted by Gasteiger charge is 2.15. The zero-order chi connectivity index (χ0) is 8.04. The van der Waals surface area contributed by atoms with Crippen molar-refractivity contribution in [2.75, 3.05) is 6.61 Å². The number of hydrogen-bond donors (Lipinski definition) is 0. The van der Waals surface area contributed by atoms with Gasteiger partial charge >= 0.3 is 0 Å². The van der Waals surface area contributed by atoms with Gasteiger partial charge in [0.15, 0.2) is 0 Å². The first-order valence-electron chi connectivity index (χ1n) is 4.26. The Morgan fingerprint density at radius 2 is 1.70 bits per heavy atom. The minimum atomic E-state index is 0.102. The molecule has 0 aromatic carbocycles. The molecule has 0 amide bonds. The van der Waals surface area contributed by atoms with E-state index in [2.05, 4.69) is 27.7 Å². The Labute approximate surface area is 64.8 Å². The van der Waals surface area contributed by atoms with Crippen molar-refractivity contribution in [3.63, 3.8) is 0 Å². The average molecular weight is 144 g/mol. The minimum Gasteiger partial charge on any atom is -0.376 e. The van der Waals surface area contributed by atoms with Crippen LogP contribution >= 0.6 is 0 Å². The van der Waals surface area contributed by atoms with Crippen molar-refractivity contribution in [2.45, 2.75) is 52.6 Å². The van der Waals surface area contributed by atoms with Crippen molar-refractivity contribution in [1.29, 1.82) is 0 Å². The lowest BCUT2D eigenvalue weighted by molar-refractivity contribution is -0.0234. The maximum atomic E-state index is 5.62. The van der Waals surface area contributed by atoms with Gasteiger partial charge in [0, 0.05) is 6.61 Å². The van der Waals surface area contributed by atoms with Crippen molar-refractivity contribution in [3.8, 4) is 0 Å². The second kappa shape index (κ2) is 4.73. The number of rotatable bonds is 5. The van der Waals surface area contributed by atoms with Crippen LogP contribution < -0.4 is 0 Å². The molecule has 0 aliphatic rings. The van der Waals surface area contributed by atoms with Gasteiger partial charge in [-0.15, -0.1) is 0 Å². The number of hydrogen-bond acceptors (Lipinski definition) is 1. The molecule has 0 atom stereocenters. The molecule has 0 aliphatic carbocycles. The maximum absolute atomic E-state index is 5.62. The fourth-order valence-corrected chi connectivity index (χ4v) is 1.05. The predicted octanol–water partition coefficient (Wildman–Crippen LogP) is 2.99. The molecule has 0 radical (unpaired) electrons. The third-order valence-corrected chi connectivity index (χ3v) is 1.55. The first-order chi connectivity index (χ1) is 4.62. The Balaban J connectivity index is 3.42. The van der Waals surface area contributed by atoms with Crippen LogP contribution in [0.2, 0.25) is 0 Å². The van der Waals surface area contributed by atoms with Crippen LogP contribution in [0.4, 0.5) is 0 Å². The molecule has 0 spiro atoms. The molecule has 0 saturated heterocycles. The molecule has 0 aliphatic heterocycles. The number of ether oxygens (including phenoxy) is 1. The van der Waals surface area contributed by atoms with Gasteiger partial charge in [0.25, 0.3) is 0 Å². The van der Waals surface area contributed by atoms with Crippen LogP contribution in [-0.4, -0.2) is 12.2 Å². The SMILES string of the molecule is CCCOC(C)(C)CCC. The van der Waals surface area contributed by atoms with Crippen LogP contribution in [0.5, 0.6) is 0 Å². The van der Waals surface area contributed by atoms with Crippen LogP contribution in [0.25, 0.3) is 0 Å². The Bertz CT molecular complexity index is 76.8. The van der Waals surface area contributed by atoms with Gasteiger partial charge < -0.3 is 4.74 Å². The smallest absolute Gasteiger partial charge is 0.0626 e. The second-order valence-electron chi connectivity index (χ2n) is 3.36. The zero-order valence-corrected chi connectivity index (χ0v) is 7.74. The molecule has 62 valence electrons. The first kappa shape index (κ1) is 9.96. The van der Waals surface area contributed by atoms with Crippen molar-refractivity contribution < 1.29 is 4.74 Å². The monoisotopic (exact) mass is 144 g/mol. The summed E-state index contributed by atoms with van der Waals surface area (Å²) in [6.07, 6.45) is 3.48. The molecule has 0 saturated carbocycles. The Kier molecular flexibility index (Phi) is 4.71.